The van der Waals surface area contributed by atoms with E-state index >= 15 is 9.59 Å². The van der Waals surface area contributed by atoms with E-state index in [0.717, 1.165) is 31.0 Å². The van der Waals surface area contributed by atoms with Gasteiger partial charge in [-0.2, -0.15) is 0 Å². The van der Waals surface area contributed by atoms with E-state index < -0.39 is 0 Å². The number of nitrogens with one attached hydrogen (secondary N) is 2. The van der Waals surface area contributed by atoms with Gasteiger partial charge in [0.05, 0.1) is 22.5 Å². The number of hydrogen-bond acceptors (Lipinski definition) is 6. The highest BCUT2D eigenvalue weighted by Crippen LogP contribution is 2.47. The monoisotopic (exact) mass is 718 g/mol. The van der Waals surface area contributed by atoms with E-state index in [1.54, 1.807) is 0 Å². The largest absolute Gasteiger partial charge is 0.355 e. The van der Waals surface area contributed by atoms with Crippen molar-refractivity contribution in [3.8, 4) is 0 Å². The first-order valence-electron chi connectivity index (χ1n) is 17.5. The fourth-order valence-electron chi connectivity index (χ4n) is 6.37. The van der Waals surface area contributed by atoms with Crippen LogP contribution in [0.3, 0.4) is 0 Å². The smallest absolute Gasteiger partial charge is 0.197 e. The zero-order chi connectivity index (χ0) is 36.6. The zero-order valence-corrected chi connectivity index (χ0v) is 32.0. The molecule has 6 aromatic rings. The summed E-state index contributed by atoms with van der Waals surface area (Å²) in [6.45, 7) is 13.2. The summed E-state index contributed by atoms with van der Waals surface area (Å²) in [7, 11) is 0. The lowest BCUT2D eigenvalue weighted by Gasteiger charge is -2.27. The van der Waals surface area contributed by atoms with E-state index in [1.807, 2.05) is 84.9 Å². The minimum Gasteiger partial charge on any atom is -0.355 e. The molecule has 1 aliphatic carbocycles. The van der Waals surface area contributed by atoms with Gasteiger partial charge >= 0.3 is 0 Å². The van der Waals surface area contributed by atoms with Crippen LogP contribution in [0.15, 0.2) is 153 Å². The van der Waals surface area contributed by atoms with Crippen LogP contribution in [-0.4, -0.2) is 11.6 Å². The van der Waals surface area contributed by atoms with Crippen LogP contribution in [0.4, 0.5) is 22.7 Å². The van der Waals surface area contributed by atoms with Crippen LogP contribution in [0, 0.1) is 0 Å². The first-order chi connectivity index (χ1) is 24.9. The Labute approximate surface area is 315 Å². The van der Waals surface area contributed by atoms with Gasteiger partial charge in [-0.15, -0.1) is 0 Å². The molecule has 0 amide bonds. The molecule has 0 atom stereocenters. The molecule has 0 spiro atoms. The molecule has 7 rings (SSSR count). The second-order valence-corrected chi connectivity index (χ2v) is 17.3. The zero-order valence-electron chi connectivity index (χ0n) is 30.3. The maximum atomic E-state index is 15.2. The molecule has 0 aliphatic heterocycles. The van der Waals surface area contributed by atoms with Crippen LogP contribution >= 0.6 is 23.5 Å². The van der Waals surface area contributed by atoms with E-state index in [-0.39, 0.29) is 22.4 Å². The third kappa shape index (κ3) is 7.32. The predicted octanol–water partition coefficient (Wildman–Crippen LogP) is 12.8. The number of anilines is 4. The van der Waals surface area contributed by atoms with Crippen molar-refractivity contribution in [3.05, 3.63) is 167 Å². The van der Waals surface area contributed by atoms with Crippen LogP contribution in [0.1, 0.15) is 84.5 Å². The quantitative estimate of drug-likeness (QED) is 0.163. The number of benzene rings is 6. The number of carbonyl (C=O) groups excluding carboxylic acids is 2. The van der Waals surface area contributed by atoms with Crippen molar-refractivity contribution >= 4 is 57.8 Å². The molecule has 0 saturated carbocycles. The number of para-hydroxylation sites is 2. The van der Waals surface area contributed by atoms with E-state index in [9.17, 15) is 0 Å². The summed E-state index contributed by atoms with van der Waals surface area (Å²) in [6.07, 6.45) is 0. The molecule has 0 heterocycles. The molecule has 6 aromatic carbocycles. The first kappa shape index (κ1) is 35.4. The van der Waals surface area contributed by atoms with Crippen molar-refractivity contribution in [2.45, 2.75) is 72.0 Å². The second-order valence-electron chi connectivity index (χ2n) is 15.1. The van der Waals surface area contributed by atoms with E-state index in [1.165, 1.54) is 34.7 Å². The van der Waals surface area contributed by atoms with Crippen LogP contribution < -0.4 is 10.6 Å². The highest BCUT2D eigenvalue weighted by atomic mass is 32.2. The number of carbonyl (C=O) groups is 2. The summed E-state index contributed by atoms with van der Waals surface area (Å²) in [6, 6.07) is 44.2. The summed E-state index contributed by atoms with van der Waals surface area (Å²) in [4.78, 5) is 33.9. The summed E-state index contributed by atoms with van der Waals surface area (Å²) in [5, 5.41) is 6.91. The number of ketones is 2. The van der Waals surface area contributed by atoms with Crippen LogP contribution in [-0.2, 0) is 10.8 Å². The Bertz CT molecular complexity index is 2110. The first-order valence-corrected chi connectivity index (χ1v) is 19.1. The average molecular weight is 719 g/mol. The molecule has 260 valence electrons. The molecule has 6 heteroatoms. The van der Waals surface area contributed by atoms with Crippen molar-refractivity contribution in [1.82, 2.24) is 0 Å². The van der Waals surface area contributed by atoms with Gasteiger partial charge < -0.3 is 10.6 Å². The molecule has 0 saturated heterocycles. The van der Waals surface area contributed by atoms with Gasteiger partial charge in [0.2, 0.25) is 0 Å². The molecule has 0 fully saturated rings. The molecule has 1 aliphatic rings. The van der Waals surface area contributed by atoms with Crippen LogP contribution in [0.25, 0.3) is 0 Å². The lowest BCUT2D eigenvalue weighted by Crippen LogP contribution is -2.25. The average Bonchev–Trinajstić information content (AvgIpc) is 3.12. The van der Waals surface area contributed by atoms with Gasteiger partial charge in [-0.25, -0.2) is 0 Å². The highest BCUT2D eigenvalue weighted by molar-refractivity contribution is 8.00. The normalized spacial score (nSPS) is 12.7. The molecule has 0 radical (unpaired) electrons. The van der Waals surface area contributed by atoms with Crippen LogP contribution in [0.2, 0.25) is 0 Å². The SMILES string of the molecule is CC(C)(C)c1ccc(Sc2ccc(Sc3ccc(C(C)(C)C)cc3)c3c2C(=O)c2c(Nc4ccccc4)ccc(Nc4ccccc4)c2C3=O)cc1. The Morgan fingerprint density at radius 2 is 0.750 bits per heavy atom. The van der Waals surface area contributed by atoms with Gasteiger partial charge in [0.15, 0.2) is 11.6 Å². The van der Waals surface area contributed by atoms with Gasteiger partial charge in [-0.05, 0) is 94.8 Å². The van der Waals surface area contributed by atoms with Crippen molar-refractivity contribution in [1.29, 1.82) is 0 Å². The maximum Gasteiger partial charge on any atom is 0.197 e. The Kier molecular flexibility index (Phi) is 9.64. The predicted molar refractivity (Wildman–Crippen MR) is 218 cm³/mol. The van der Waals surface area contributed by atoms with E-state index in [0.29, 0.717) is 33.6 Å². The van der Waals surface area contributed by atoms with Gasteiger partial charge in [0.1, 0.15) is 0 Å². The second kappa shape index (κ2) is 14.2. The van der Waals surface area contributed by atoms with Gasteiger partial charge in [-0.3, -0.25) is 9.59 Å². The van der Waals surface area contributed by atoms with Crippen molar-refractivity contribution in [3.63, 3.8) is 0 Å². The molecule has 2 N–H and O–H groups in total. The molecular weight excluding hydrogens is 677 g/mol. The minimum absolute atomic E-state index is 0.0199. The molecule has 0 bridgehead atoms. The fourth-order valence-corrected chi connectivity index (χ4v) is 8.29. The van der Waals surface area contributed by atoms with Gasteiger partial charge in [0, 0.05) is 42.1 Å². The maximum absolute atomic E-state index is 15.2. The molecule has 4 nitrogen and oxygen atoms in total. The Balaban J connectivity index is 1.39. The van der Waals surface area contributed by atoms with Crippen LogP contribution in [0.5, 0.6) is 0 Å². The van der Waals surface area contributed by atoms with Crippen molar-refractivity contribution in [2.75, 3.05) is 10.6 Å². The van der Waals surface area contributed by atoms with Gasteiger partial charge in [0.25, 0.3) is 0 Å². The highest BCUT2D eigenvalue weighted by Gasteiger charge is 2.38. The standard InChI is InChI=1S/C46H42N2O2S2/c1-45(2,3)29-17-21-33(22-18-29)51-37-27-28-38(52-34-23-19-30(20-24-34)46(4,5)6)42-41(37)43(49)39-35(47-31-13-9-7-10-14-31)25-26-36(40(39)44(42)50)48-32-15-11-8-12-16-32/h7-28,47-48H,1-6H3. The molecule has 0 aromatic heterocycles. The lowest BCUT2D eigenvalue weighted by molar-refractivity contribution is 0.0976. The van der Waals surface area contributed by atoms with Crippen molar-refractivity contribution in [2.24, 2.45) is 0 Å². The van der Waals surface area contributed by atoms with E-state index in [4.69, 9.17) is 0 Å². The summed E-state index contributed by atoms with van der Waals surface area (Å²) >= 11 is 3.04. The minimum atomic E-state index is -0.181. The van der Waals surface area contributed by atoms with E-state index in [2.05, 4.69) is 101 Å². The molecule has 52 heavy (non-hydrogen) atoms. The summed E-state index contributed by atoms with van der Waals surface area (Å²) in [5.74, 6) is -0.363. The summed E-state index contributed by atoms with van der Waals surface area (Å²) < 4.78 is 0. The molecular formula is C46H42N2O2S2. The number of rotatable bonds is 8. The van der Waals surface area contributed by atoms with Gasteiger partial charge in [-0.1, -0.05) is 126 Å². The third-order valence-corrected chi connectivity index (χ3v) is 11.4. The Morgan fingerprint density at radius 3 is 1.08 bits per heavy atom. The van der Waals surface area contributed by atoms with Crippen molar-refractivity contribution < 1.29 is 9.59 Å². The topological polar surface area (TPSA) is 58.2 Å². The third-order valence-electron chi connectivity index (χ3n) is 9.24. The number of hydrogen-bond donors (Lipinski definition) is 2. The number of fused-ring (bicyclic) bond motifs is 2. The summed E-state index contributed by atoms with van der Waals surface area (Å²) in [5.41, 5.74) is 6.95. The lowest BCUT2D eigenvalue weighted by atomic mass is 9.82. The fraction of sp³-hybridized carbons (Fsp3) is 0.174. The molecule has 0 unspecified atom stereocenters. The Hall–Kier alpha value is -5.04. The Morgan fingerprint density at radius 1 is 0.404 bits per heavy atom.